The number of hydrogen-bond donors (Lipinski definition) is 2. The van der Waals surface area contributed by atoms with Gasteiger partial charge in [-0.25, -0.2) is 4.79 Å². The first-order valence-corrected chi connectivity index (χ1v) is 6.14. The van der Waals surface area contributed by atoms with Gasteiger partial charge < -0.3 is 15.2 Å². The van der Waals surface area contributed by atoms with Gasteiger partial charge >= 0.3 is 5.97 Å². The number of carbonyl (C=O) groups excluding carboxylic acids is 1. The van der Waals surface area contributed by atoms with E-state index in [2.05, 4.69) is 19.2 Å². The number of amides is 1. The van der Waals surface area contributed by atoms with E-state index >= 15 is 0 Å². The molecular formula is C14H19NO4. The van der Waals surface area contributed by atoms with Crippen LogP contribution < -0.4 is 5.32 Å². The largest absolute Gasteiger partial charge is 0.479 e. The van der Waals surface area contributed by atoms with Crippen molar-refractivity contribution in [1.29, 1.82) is 0 Å². The molecule has 0 unspecified atom stereocenters. The second-order valence-corrected chi connectivity index (χ2v) is 4.62. The van der Waals surface area contributed by atoms with Gasteiger partial charge in [0.05, 0.1) is 0 Å². The zero-order chi connectivity index (χ0) is 14.4. The second kappa shape index (κ2) is 6.89. The lowest BCUT2D eigenvalue weighted by atomic mass is 10.0. The van der Waals surface area contributed by atoms with E-state index in [0.29, 0.717) is 11.6 Å². The number of rotatable bonds is 6. The molecule has 1 aromatic rings. The summed E-state index contributed by atoms with van der Waals surface area (Å²) >= 11 is 0. The standard InChI is InChI=1S/C14H19NO4/c1-9(2)11-4-6-12(7-5-11)15-13(16)8-19-10(3)14(17)18/h4-7,9-10H,8H2,1-3H3,(H,15,16)(H,17,18)/t10-/m1/s1. The third-order valence-electron chi connectivity index (χ3n) is 2.67. The Morgan fingerprint density at radius 1 is 1.21 bits per heavy atom. The molecule has 1 amide bonds. The van der Waals surface area contributed by atoms with Gasteiger partial charge in [-0.05, 0) is 30.5 Å². The van der Waals surface area contributed by atoms with Crippen molar-refractivity contribution in [3.63, 3.8) is 0 Å². The SMILES string of the molecule is CC(C)c1ccc(NC(=O)CO[C@H](C)C(=O)O)cc1. The molecule has 1 rings (SSSR count). The number of aliphatic carboxylic acids is 1. The molecule has 0 heterocycles. The number of hydrogen-bond acceptors (Lipinski definition) is 3. The molecule has 104 valence electrons. The van der Waals surface area contributed by atoms with E-state index < -0.39 is 12.1 Å². The third kappa shape index (κ3) is 5.09. The highest BCUT2D eigenvalue weighted by atomic mass is 16.5. The maximum atomic E-state index is 11.5. The van der Waals surface area contributed by atoms with Crippen molar-refractivity contribution >= 4 is 17.6 Å². The summed E-state index contributed by atoms with van der Waals surface area (Å²) in [7, 11) is 0. The summed E-state index contributed by atoms with van der Waals surface area (Å²) in [6.07, 6.45) is -0.992. The summed E-state index contributed by atoms with van der Waals surface area (Å²) in [6.45, 7) is 5.29. The van der Waals surface area contributed by atoms with Gasteiger partial charge in [0.2, 0.25) is 5.91 Å². The highest BCUT2D eigenvalue weighted by Gasteiger charge is 2.13. The lowest BCUT2D eigenvalue weighted by Crippen LogP contribution is -2.26. The lowest BCUT2D eigenvalue weighted by Gasteiger charge is -2.10. The highest BCUT2D eigenvalue weighted by Crippen LogP contribution is 2.16. The quantitative estimate of drug-likeness (QED) is 0.827. The van der Waals surface area contributed by atoms with Crippen LogP contribution in [0.25, 0.3) is 0 Å². The molecule has 0 fully saturated rings. The van der Waals surface area contributed by atoms with Gasteiger partial charge in [0, 0.05) is 5.69 Å². The molecule has 5 heteroatoms. The molecule has 0 aliphatic carbocycles. The van der Waals surface area contributed by atoms with Crippen LogP contribution in [0, 0.1) is 0 Å². The van der Waals surface area contributed by atoms with Crippen molar-refractivity contribution in [3.05, 3.63) is 29.8 Å². The first kappa shape index (κ1) is 15.2. The summed E-state index contributed by atoms with van der Waals surface area (Å²) in [5.41, 5.74) is 1.86. The molecule has 19 heavy (non-hydrogen) atoms. The Balaban J connectivity index is 2.46. The summed E-state index contributed by atoms with van der Waals surface area (Å²) < 4.78 is 4.89. The van der Waals surface area contributed by atoms with Gasteiger partial charge in [-0.15, -0.1) is 0 Å². The molecule has 1 aromatic carbocycles. The fourth-order valence-corrected chi connectivity index (χ4v) is 1.42. The third-order valence-corrected chi connectivity index (χ3v) is 2.67. The molecule has 0 bridgehead atoms. The smallest absolute Gasteiger partial charge is 0.332 e. The Hall–Kier alpha value is -1.88. The van der Waals surface area contributed by atoms with Crippen LogP contribution in [0.3, 0.4) is 0 Å². The van der Waals surface area contributed by atoms with Crippen molar-refractivity contribution in [2.75, 3.05) is 11.9 Å². The molecule has 0 spiro atoms. The highest BCUT2D eigenvalue weighted by molar-refractivity contribution is 5.91. The minimum absolute atomic E-state index is 0.278. The summed E-state index contributed by atoms with van der Waals surface area (Å²) in [4.78, 5) is 22.0. The van der Waals surface area contributed by atoms with Crippen molar-refractivity contribution < 1.29 is 19.4 Å². The normalized spacial score (nSPS) is 12.2. The topological polar surface area (TPSA) is 75.6 Å². The van der Waals surface area contributed by atoms with E-state index in [1.165, 1.54) is 12.5 Å². The number of carboxylic acids is 1. The van der Waals surface area contributed by atoms with Crippen LogP contribution in [0.4, 0.5) is 5.69 Å². The number of anilines is 1. The van der Waals surface area contributed by atoms with Crippen LogP contribution in [-0.2, 0) is 14.3 Å². The predicted octanol–water partition coefficient (Wildman–Crippen LogP) is 2.24. The zero-order valence-electron chi connectivity index (χ0n) is 11.3. The number of nitrogens with one attached hydrogen (secondary N) is 1. The Bertz CT molecular complexity index is 439. The fraction of sp³-hybridized carbons (Fsp3) is 0.429. The van der Waals surface area contributed by atoms with Crippen LogP contribution in [0.1, 0.15) is 32.3 Å². The van der Waals surface area contributed by atoms with E-state index in [1.54, 1.807) is 0 Å². The van der Waals surface area contributed by atoms with E-state index in [1.807, 2.05) is 24.3 Å². The number of carbonyl (C=O) groups is 2. The Morgan fingerprint density at radius 2 is 1.79 bits per heavy atom. The van der Waals surface area contributed by atoms with E-state index in [0.717, 1.165) is 0 Å². The Labute approximate surface area is 112 Å². The summed E-state index contributed by atoms with van der Waals surface area (Å²) in [5, 5.41) is 11.3. The van der Waals surface area contributed by atoms with E-state index in [-0.39, 0.29) is 12.5 Å². The monoisotopic (exact) mass is 265 g/mol. The van der Waals surface area contributed by atoms with Gasteiger partial charge in [0.1, 0.15) is 6.61 Å². The molecule has 1 atom stereocenters. The number of benzene rings is 1. The predicted molar refractivity (Wildman–Crippen MR) is 72.2 cm³/mol. The molecule has 0 saturated heterocycles. The van der Waals surface area contributed by atoms with E-state index in [4.69, 9.17) is 9.84 Å². The molecule has 2 N–H and O–H groups in total. The van der Waals surface area contributed by atoms with Crippen LogP contribution in [0.5, 0.6) is 0 Å². The zero-order valence-corrected chi connectivity index (χ0v) is 11.3. The van der Waals surface area contributed by atoms with E-state index in [9.17, 15) is 9.59 Å². The van der Waals surface area contributed by atoms with Gasteiger partial charge in [-0.2, -0.15) is 0 Å². The number of ether oxygens (including phenoxy) is 1. The van der Waals surface area contributed by atoms with Crippen molar-refractivity contribution in [3.8, 4) is 0 Å². The molecule has 0 aromatic heterocycles. The average molecular weight is 265 g/mol. The molecule has 0 aliphatic heterocycles. The van der Waals surface area contributed by atoms with Crippen molar-refractivity contribution in [2.45, 2.75) is 32.8 Å². The first-order chi connectivity index (χ1) is 8.90. The summed E-state index contributed by atoms with van der Waals surface area (Å²) in [6, 6.07) is 7.52. The number of carboxylic acid groups (broad SMARTS) is 1. The van der Waals surface area contributed by atoms with Crippen LogP contribution in [0.15, 0.2) is 24.3 Å². The molecule has 5 nitrogen and oxygen atoms in total. The summed E-state index contributed by atoms with van der Waals surface area (Å²) in [5.74, 6) is -1.02. The van der Waals surface area contributed by atoms with Gasteiger partial charge in [-0.3, -0.25) is 4.79 Å². The Morgan fingerprint density at radius 3 is 2.26 bits per heavy atom. The van der Waals surface area contributed by atoms with Gasteiger partial charge in [0.15, 0.2) is 6.10 Å². The van der Waals surface area contributed by atoms with Crippen molar-refractivity contribution in [1.82, 2.24) is 0 Å². The maximum absolute atomic E-state index is 11.5. The molecule has 0 radical (unpaired) electrons. The van der Waals surface area contributed by atoms with Crippen LogP contribution in [0.2, 0.25) is 0 Å². The molecular weight excluding hydrogens is 246 g/mol. The van der Waals surface area contributed by atoms with Crippen LogP contribution in [-0.4, -0.2) is 29.7 Å². The van der Waals surface area contributed by atoms with Crippen LogP contribution >= 0.6 is 0 Å². The Kier molecular flexibility index (Phi) is 5.51. The average Bonchev–Trinajstić information content (AvgIpc) is 2.36. The van der Waals surface area contributed by atoms with Crippen molar-refractivity contribution in [2.24, 2.45) is 0 Å². The van der Waals surface area contributed by atoms with Gasteiger partial charge in [-0.1, -0.05) is 26.0 Å². The fourth-order valence-electron chi connectivity index (χ4n) is 1.42. The molecule has 0 aliphatic rings. The minimum Gasteiger partial charge on any atom is -0.479 e. The minimum atomic E-state index is -1.09. The maximum Gasteiger partial charge on any atom is 0.332 e. The first-order valence-electron chi connectivity index (χ1n) is 6.14. The van der Waals surface area contributed by atoms with Gasteiger partial charge in [0.25, 0.3) is 0 Å². The molecule has 0 saturated carbocycles. The lowest BCUT2D eigenvalue weighted by molar-refractivity contribution is -0.150. The second-order valence-electron chi connectivity index (χ2n) is 4.62.